The molecular formula is C19H17ClO3. The maximum atomic E-state index is 12.7. The Hall–Kier alpha value is -2.10. The third-order valence-electron chi connectivity index (χ3n) is 3.97. The lowest BCUT2D eigenvalue weighted by Gasteiger charge is -2.16. The van der Waals surface area contributed by atoms with Crippen molar-refractivity contribution in [3.8, 4) is 11.3 Å². The minimum Gasteiger partial charge on any atom is -0.455 e. The second-order valence-electron chi connectivity index (χ2n) is 5.60. The Kier molecular flexibility index (Phi) is 4.24. The molecule has 0 amide bonds. The van der Waals surface area contributed by atoms with E-state index in [9.17, 15) is 9.90 Å². The zero-order valence-corrected chi connectivity index (χ0v) is 13.7. The van der Waals surface area contributed by atoms with Gasteiger partial charge in [0, 0.05) is 16.7 Å². The van der Waals surface area contributed by atoms with E-state index in [1.54, 1.807) is 32.0 Å². The molecule has 2 aromatic carbocycles. The van der Waals surface area contributed by atoms with Crippen LogP contribution in [0, 0.1) is 6.92 Å². The number of hydrogen-bond acceptors (Lipinski definition) is 3. The van der Waals surface area contributed by atoms with Gasteiger partial charge in [0.2, 0.25) is 0 Å². The monoisotopic (exact) mass is 328 g/mol. The molecule has 3 nitrogen and oxygen atoms in total. The molecule has 118 valence electrons. The molecule has 2 atom stereocenters. The Morgan fingerprint density at radius 1 is 1.09 bits per heavy atom. The molecule has 23 heavy (non-hydrogen) atoms. The number of hydrogen-bond donors (Lipinski definition) is 1. The first-order valence-corrected chi connectivity index (χ1v) is 7.88. The van der Waals surface area contributed by atoms with Crippen LogP contribution in [0.1, 0.15) is 24.2 Å². The van der Waals surface area contributed by atoms with Crippen molar-refractivity contribution in [1.29, 1.82) is 0 Å². The number of alkyl halides is 1. The smallest absolute Gasteiger partial charge is 0.196 e. The largest absolute Gasteiger partial charge is 0.455 e. The SMILES string of the molecule is Cc1c(-c2ccccc2)oc2c(C(O)C(C)Cl)cccc2c1=O. The molecule has 0 aliphatic rings. The highest BCUT2D eigenvalue weighted by atomic mass is 35.5. The average Bonchev–Trinajstić information content (AvgIpc) is 2.57. The van der Waals surface area contributed by atoms with E-state index in [1.807, 2.05) is 30.3 Å². The third-order valence-corrected chi connectivity index (χ3v) is 4.20. The summed E-state index contributed by atoms with van der Waals surface area (Å²) in [7, 11) is 0. The number of aliphatic hydroxyl groups is 1. The van der Waals surface area contributed by atoms with Crippen LogP contribution in [0.5, 0.6) is 0 Å². The number of para-hydroxylation sites is 1. The van der Waals surface area contributed by atoms with Crippen LogP contribution in [0.25, 0.3) is 22.3 Å². The highest BCUT2D eigenvalue weighted by molar-refractivity contribution is 6.20. The van der Waals surface area contributed by atoms with Gasteiger partial charge in [-0.1, -0.05) is 42.5 Å². The molecule has 4 heteroatoms. The van der Waals surface area contributed by atoms with Crippen molar-refractivity contribution in [2.45, 2.75) is 25.3 Å². The zero-order valence-electron chi connectivity index (χ0n) is 12.9. The van der Waals surface area contributed by atoms with Gasteiger partial charge in [-0.3, -0.25) is 4.79 Å². The molecule has 1 heterocycles. The third kappa shape index (κ3) is 2.78. The summed E-state index contributed by atoms with van der Waals surface area (Å²) in [5, 5.41) is 10.3. The Labute approximate surface area is 139 Å². The summed E-state index contributed by atoms with van der Waals surface area (Å²) in [6, 6.07) is 14.6. The lowest BCUT2D eigenvalue weighted by Crippen LogP contribution is -2.12. The number of halogens is 1. The quantitative estimate of drug-likeness (QED) is 0.724. The fourth-order valence-corrected chi connectivity index (χ4v) is 2.81. The standard InChI is InChI=1S/C19H17ClO3/c1-11-16(21)14-9-6-10-15(17(22)12(2)20)19(14)23-18(11)13-7-4-3-5-8-13/h3-10,12,17,22H,1-2H3. The van der Waals surface area contributed by atoms with Crippen molar-refractivity contribution in [3.05, 3.63) is 69.9 Å². The van der Waals surface area contributed by atoms with Gasteiger partial charge < -0.3 is 9.52 Å². The van der Waals surface area contributed by atoms with Crippen LogP contribution < -0.4 is 5.43 Å². The van der Waals surface area contributed by atoms with Crippen molar-refractivity contribution < 1.29 is 9.52 Å². The lowest BCUT2D eigenvalue weighted by atomic mass is 10.0. The summed E-state index contributed by atoms with van der Waals surface area (Å²) in [6.45, 7) is 3.45. The van der Waals surface area contributed by atoms with E-state index in [0.29, 0.717) is 27.9 Å². The Morgan fingerprint density at radius 3 is 2.43 bits per heavy atom. The predicted octanol–water partition coefficient (Wildman–Crippen LogP) is 4.43. The molecule has 2 unspecified atom stereocenters. The molecular weight excluding hydrogens is 312 g/mol. The highest BCUT2D eigenvalue weighted by Crippen LogP contribution is 2.31. The van der Waals surface area contributed by atoms with E-state index in [4.69, 9.17) is 16.0 Å². The summed E-state index contributed by atoms with van der Waals surface area (Å²) >= 11 is 6.02. The topological polar surface area (TPSA) is 50.4 Å². The van der Waals surface area contributed by atoms with Crippen molar-refractivity contribution in [2.75, 3.05) is 0 Å². The molecule has 0 aliphatic heterocycles. The van der Waals surface area contributed by atoms with Crippen LogP contribution in [-0.4, -0.2) is 10.5 Å². The van der Waals surface area contributed by atoms with Gasteiger partial charge in [0.15, 0.2) is 5.43 Å². The number of rotatable bonds is 3. The molecule has 1 N–H and O–H groups in total. The van der Waals surface area contributed by atoms with Crippen molar-refractivity contribution in [1.82, 2.24) is 0 Å². The predicted molar refractivity (Wildman–Crippen MR) is 92.9 cm³/mol. The first-order valence-electron chi connectivity index (χ1n) is 7.44. The first kappa shape index (κ1) is 15.8. The molecule has 3 aromatic rings. The Balaban J connectivity index is 2.35. The van der Waals surface area contributed by atoms with E-state index in [-0.39, 0.29) is 5.43 Å². The number of fused-ring (bicyclic) bond motifs is 1. The van der Waals surface area contributed by atoms with Crippen LogP contribution in [-0.2, 0) is 0 Å². The summed E-state index contributed by atoms with van der Waals surface area (Å²) < 4.78 is 6.04. The van der Waals surface area contributed by atoms with Crippen molar-refractivity contribution in [3.63, 3.8) is 0 Å². The van der Waals surface area contributed by atoms with Gasteiger partial charge >= 0.3 is 0 Å². The highest BCUT2D eigenvalue weighted by Gasteiger charge is 2.21. The maximum absolute atomic E-state index is 12.7. The Morgan fingerprint density at radius 2 is 1.78 bits per heavy atom. The van der Waals surface area contributed by atoms with Gasteiger partial charge in [0.05, 0.1) is 16.9 Å². The second-order valence-corrected chi connectivity index (χ2v) is 6.29. The van der Waals surface area contributed by atoms with Crippen LogP contribution in [0.15, 0.2) is 57.7 Å². The fourth-order valence-electron chi connectivity index (χ4n) is 2.68. The first-order chi connectivity index (χ1) is 11.0. The van der Waals surface area contributed by atoms with E-state index in [1.165, 1.54) is 0 Å². The fraction of sp³-hybridized carbons (Fsp3) is 0.211. The minimum absolute atomic E-state index is 0.0959. The van der Waals surface area contributed by atoms with E-state index < -0.39 is 11.5 Å². The van der Waals surface area contributed by atoms with Crippen molar-refractivity contribution >= 4 is 22.6 Å². The average molecular weight is 329 g/mol. The second kappa shape index (κ2) is 6.19. The molecule has 0 aliphatic carbocycles. The number of benzene rings is 2. The van der Waals surface area contributed by atoms with Crippen LogP contribution in [0.2, 0.25) is 0 Å². The summed E-state index contributed by atoms with van der Waals surface area (Å²) in [5.41, 5.74) is 2.20. The van der Waals surface area contributed by atoms with Gasteiger partial charge in [-0.05, 0) is 19.9 Å². The summed E-state index contributed by atoms with van der Waals surface area (Å²) in [4.78, 5) is 12.7. The molecule has 0 bridgehead atoms. The Bertz CT molecular complexity index is 898. The molecule has 0 radical (unpaired) electrons. The van der Waals surface area contributed by atoms with Gasteiger partial charge in [-0.2, -0.15) is 0 Å². The molecule has 3 rings (SSSR count). The maximum Gasteiger partial charge on any atom is 0.196 e. The van der Waals surface area contributed by atoms with Crippen molar-refractivity contribution in [2.24, 2.45) is 0 Å². The normalized spacial score (nSPS) is 13.9. The van der Waals surface area contributed by atoms with Gasteiger partial charge in [-0.25, -0.2) is 0 Å². The van der Waals surface area contributed by atoms with Crippen LogP contribution in [0.3, 0.4) is 0 Å². The molecule has 0 saturated carbocycles. The van der Waals surface area contributed by atoms with E-state index in [0.717, 1.165) is 5.56 Å². The van der Waals surface area contributed by atoms with Crippen LogP contribution in [0.4, 0.5) is 0 Å². The molecule has 0 fully saturated rings. The number of aliphatic hydroxyl groups excluding tert-OH is 1. The van der Waals surface area contributed by atoms with Gasteiger partial charge in [0.1, 0.15) is 11.3 Å². The molecule has 0 spiro atoms. The van der Waals surface area contributed by atoms with Gasteiger partial charge in [-0.15, -0.1) is 11.6 Å². The lowest BCUT2D eigenvalue weighted by molar-refractivity contribution is 0.177. The summed E-state index contributed by atoms with van der Waals surface area (Å²) in [6.07, 6.45) is -0.908. The van der Waals surface area contributed by atoms with Gasteiger partial charge in [0.25, 0.3) is 0 Å². The summed E-state index contributed by atoms with van der Waals surface area (Å²) in [5.74, 6) is 0.518. The van der Waals surface area contributed by atoms with E-state index in [2.05, 4.69) is 0 Å². The molecule has 1 aromatic heterocycles. The zero-order chi connectivity index (χ0) is 16.6. The minimum atomic E-state index is -0.908. The molecule has 0 saturated heterocycles. The van der Waals surface area contributed by atoms with Crippen LogP contribution >= 0.6 is 11.6 Å². The van der Waals surface area contributed by atoms with E-state index >= 15 is 0 Å².